The molecule has 6 aromatic rings. The van der Waals surface area contributed by atoms with Crippen molar-refractivity contribution in [3.8, 4) is 0 Å². The van der Waals surface area contributed by atoms with E-state index in [4.69, 9.17) is 0 Å². The highest BCUT2D eigenvalue weighted by Crippen LogP contribution is 2.61. The molecule has 1 aliphatic carbocycles. The standard InChI is InChI=1S/C42H30Br2N2O4P2/c43-29-21-25-31(26-22-29)45-37-40(48)42(52(50,35-17-9-3-10-18-35)36-19-11-4-12-20-36)38(46-32-27-23-30(44)24-28-32)39(47)41(37)51(49,33-13-5-1-6-14-33)34-15-7-2-8-16-34/h1-28,45-46H. The third-order valence-corrected chi connectivity index (χ3v) is 16.0. The van der Waals surface area contributed by atoms with Crippen LogP contribution in [-0.2, 0) is 18.7 Å². The van der Waals surface area contributed by atoms with Gasteiger partial charge in [-0.25, -0.2) is 0 Å². The van der Waals surface area contributed by atoms with Crippen molar-refractivity contribution >= 4 is 90.3 Å². The SMILES string of the molecule is O=C1C(Nc2ccc(Br)cc2)=C(P(=O)(c2ccccc2)c2ccccc2)C(=O)C(Nc2ccc(Br)cc2)=C1P(=O)(c1ccccc1)c1ccccc1. The van der Waals surface area contributed by atoms with E-state index in [1.165, 1.54) is 0 Å². The summed E-state index contributed by atoms with van der Waals surface area (Å²) in [4.78, 5) is 31.3. The Hall–Kier alpha value is -4.84. The summed E-state index contributed by atoms with van der Waals surface area (Å²) in [5.74, 6) is -1.42. The van der Waals surface area contributed by atoms with Gasteiger partial charge in [-0.3, -0.25) is 9.59 Å². The fourth-order valence-corrected chi connectivity index (χ4v) is 12.5. The molecule has 0 saturated heterocycles. The van der Waals surface area contributed by atoms with Crippen molar-refractivity contribution in [2.45, 2.75) is 0 Å². The lowest BCUT2D eigenvalue weighted by molar-refractivity contribution is -0.115. The van der Waals surface area contributed by atoms with Crippen LogP contribution in [0.5, 0.6) is 0 Å². The van der Waals surface area contributed by atoms with Crippen LogP contribution in [0.15, 0.2) is 201 Å². The molecule has 0 spiro atoms. The van der Waals surface area contributed by atoms with Gasteiger partial charge in [0.2, 0.25) is 11.6 Å². The van der Waals surface area contributed by atoms with Gasteiger partial charge in [0.1, 0.15) is 11.4 Å². The van der Waals surface area contributed by atoms with Crippen molar-refractivity contribution in [2.75, 3.05) is 10.6 Å². The Morgan fingerprint density at radius 2 is 0.615 bits per heavy atom. The molecule has 52 heavy (non-hydrogen) atoms. The number of Topliss-reactive ketones (excluding diaryl/α,β-unsaturated/α-hetero) is 2. The molecule has 0 fully saturated rings. The highest BCUT2D eigenvalue weighted by atomic mass is 79.9. The van der Waals surface area contributed by atoms with Gasteiger partial charge in [0.05, 0.1) is 10.6 Å². The Balaban J connectivity index is 1.59. The van der Waals surface area contributed by atoms with Gasteiger partial charge in [-0.1, -0.05) is 153 Å². The first-order valence-electron chi connectivity index (χ1n) is 16.3. The predicted octanol–water partition coefficient (Wildman–Crippen LogP) is 9.34. The van der Waals surface area contributed by atoms with E-state index in [0.717, 1.165) is 8.95 Å². The molecule has 10 heteroatoms. The summed E-state index contributed by atoms with van der Waals surface area (Å²) in [6.07, 6.45) is 0. The molecule has 2 N–H and O–H groups in total. The van der Waals surface area contributed by atoms with Crippen LogP contribution < -0.4 is 31.9 Å². The highest BCUT2D eigenvalue weighted by molar-refractivity contribution is 9.10. The van der Waals surface area contributed by atoms with E-state index in [0.29, 0.717) is 32.6 Å². The molecule has 7 rings (SSSR count). The molecule has 0 radical (unpaired) electrons. The lowest BCUT2D eigenvalue weighted by atomic mass is 10.0. The Labute approximate surface area is 318 Å². The van der Waals surface area contributed by atoms with Gasteiger partial charge in [-0.2, -0.15) is 0 Å². The van der Waals surface area contributed by atoms with E-state index in [-0.39, 0.29) is 22.0 Å². The van der Waals surface area contributed by atoms with Gasteiger partial charge in [-0.15, -0.1) is 0 Å². The topological polar surface area (TPSA) is 92.3 Å². The Morgan fingerprint density at radius 3 is 0.865 bits per heavy atom. The number of anilines is 2. The van der Waals surface area contributed by atoms with E-state index >= 15 is 18.7 Å². The first-order valence-corrected chi connectivity index (χ1v) is 21.3. The van der Waals surface area contributed by atoms with Crippen molar-refractivity contribution in [3.05, 3.63) is 201 Å². The third kappa shape index (κ3) is 6.64. The van der Waals surface area contributed by atoms with Crippen molar-refractivity contribution in [3.63, 3.8) is 0 Å². The maximum absolute atomic E-state index is 16.1. The van der Waals surface area contributed by atoms with Gasteiger partial charge in [0.15, 0.2) is 14.3 Å². The minimum atomic E-state index is -4.10. The molecule has 0 aliphatic heterocycles. The van der Waals surface area contributed by atoms with Crippen LogP contribution in [0.4, 0.5) is 11.4 Å². The lowest BCUT2D eigenvalue weighted by Crippen LogP contribution is -2.36. The highest BCUT2D eigenvalue weighted by Gasteiger charge is 2.50. The molecule has 1 aliphatic rings. The van der Waals surface area contributed by atoms with Crippen LogP contribution in [0.25, 0.3) is 0 Å². The van der Waals surface area contributed by atoms with E-state index in [9.17, 15) is 0 Å². The summed E-state index contributed by atoms with van der Waals surface area (Å²) in [5, 5.41) is 7.46. The van der Waals surface area contributed by atoms with E-state index in [1.54, 1.807) is 170 Å². The zero-order valence-corrected chi connectivity index (χ0v) is 32.4. The largest absolute Gasteiger partial charge is 0.352 e. The first-order chi connectivity index (χ1) is 25.2. The molecule has 0 bridgehead atoms. The van der Waals surface area contributed by atoms with Crippen molar-refractivity contribution < 1.29 is 18.7 Å². The summed E-state index contributed by atoms with van der Waals surface area (Å²) in [5.41, 5.74) is 0.545. The molecule has 0 aromatic heterocycles. The van der Waals surface area contributed by atoms with E-state index in [2.05, 4.69) is 42.5 Å². The number of halogens is 2. The van der Waals surface area contributed by atoms with Crippen molar-refractivity contribution in [2.24, 2.45) is 0 Å². The quantitative estimate of drug-likeness (QED) is 0.106. The van der Waals surface area contributed by atoms with Crippen LogP contribution in [0.2, 0.25) is 0 Å². The Kier molecular flexibility index (Phi) is 10.3. The number of carbonyl (C=O) groups excluding carboxylic acids is 2. The van der Waals surface area contributed by atoms with Crippen molar-refractivity contribution in [1.29, 1.82) is 0 Å². The van der Waals surface area contributed by atoms with Gasteiger partial charge in [-0.05, 0) is 48.5 Å². The first kappa shape index (κ1) is 35.6. The average molecular weight is 848 g/mol. The Bertz CT molecular complexity index is 2180. The maximum Gasteiger partial charge on any atom is 0.216 e. The van der Waals surface area contributed by atoms with Crippen LogP contribution in [0.1, 0.15) is 0 Å². The summed E-state index contributed by atoms with van der Waals surface area (Å²) in [7, 11) is -8.20. The van der Waals surface area contributed by atoms with Crippen LogP contribution in [0, 0.1) is 0 Å². The van der Waals surface area contributed by atoms with Gasteiger partial charge in [0, 0.05) is 41.5 Å². The smallest absolute Gasteiger partial charge is 0.216 e. The number of benzene rings is 6. The van der Waals surface area contributed by atoms with Gasteiger partial charge < -0.3 is 19.8 Å². The van der Waals surface area contributed by atoms with E-state index in [1.807, 2.05) is 0 Å². The molecule has 0 atom stereocenters. The van der Waals surface area contributed by atoms with Gasteiger partial charge in [0.25, 0.3) is 0 Å². The third-order valence-electron chi connectivity index (χ3n) is 8.69. The molecular weight excluding hydrogens is 818 g/mol. The number of allylic oxidation sites excluding steroid dienone is 2. The summed E-state index contributed by atoms with van der Waals surface area (Å²) in [6.45, 7) is 0. The number of hydrogen-bond donors (Lipinski definition) is 2. The second-order valence-electron chi connectivity index (χ2n) is 11.9. The van der Waals surface area contributed by atoms with E-state index < -0.39 is 25.9 Å². The van der Waals surface area contributed by atoms with Crippen LogP contribution in [-0.4, -0.2) is 11.6 Å². The molecule has 0 unspecified atom stereocenters. The summed E-state index contributed by atoms with van der Waals surface area (Å²) < 4.78 is 33.8. The molecule has 0 saturated carbocycles. The molecule has 0 amide bonds. The lowest BCUT2D eigenvalue weighted by Gasteiger charge is -2.33. The average Bonchev–Trinajstić information content (AvgIpc) is 3.19. The van der Waals surface area contributed by atoms with Crippen LogP contribution in [0.3, 0.4) is 0 Å². The molecule has 6 aromatic carbocycles. The second-order valence-corrected chi connectivity index (χ2v) is 19.2. The molecule has 256 valence electrons. The normalized spacial score (nSPS) is 13.7. The summed E-state index contributed by atoms with van der Waals surface area (Å²) in [6, 6.07) is 49.0. The van der Waals surface area contributed by atoms with Crippen molar-refractivity contribution in [1.82, 2.24) is 0 Å². The monoisotopic (exact) mass is 846 g/mol. The number of hydrogen-bond acceptors (Lipinski definition) is 6. The number of ketones is 2. The zero-order chi connectivity index (χ0) is 36.3. The molecule has 0 heterocycles. The van der Waals surface area contributed by atoms with Gasteiger partial charge >= 0.3 is 0 Å². The maximum atomic E-state index is 16.1. The predicted molar refractivity (Wildman–Crippen MR) is 219 cm³/mol. The fraction of sp³-hybridized carbons (Fsp3) is 0. The fourth-order valence-electron chi connectivity index (χ4n) is 6.23. The zero-order valence-electron chi connectivity index (χ0n) is 27.4. The van der Waals surface area contributed by atoms with Crippen LogP contribution >= 0.6 is 46.1 Å². The molecular formula is C42H30Br2N2O4P2. The number of nitrogens with one attached hydrogen (secondary N) is 2. The number of rotatable bonds is 10. The molecule has 6 nitrogen and oxygen atoms in total. The number of carbonyl (C=O) groups is 2. The minimum absolute atomic E-state index is 0.202. The Morgan fingerprint density at radius 1 is 0.365 bits per heavy atom. The minimum Gasteiger partial charge on any atom is -0.352 e. The second kappa shape index (κ2) is 15.0. The summed E-state index contributed by atoms with van der Waals surface area (Å²) >= 11 is 6.93.